The molecule has 0 aromatic carbocycles. The Hall–Kier alpha value is -1.32. The van der Waals surface area contributed by atoms with Crippen LogP contribution in [-0.4, -0.2) is 22.1 Å². The zero-order chi connectivity index (χ0) is 16.0. The Labute approximate surface area is 97.7 Å². The van der Waals surface area contributed by atoms with Gasteiger partial charge in [0.2, 0.25) is 0 Å². The zero-order valence-corrected chi connectivity index (χ0v) is 8.41. The molecule has 1 aromatic rings. The predicted octanol–water partition coefficient (Wildman–Crippen LogP) is 1.16. The summed E-state index contributed by atoms with van der Waals surface area (Å²) in [5.41, 5.74) is 0.394. The van der Waals surface area contributed by atoms with Crippen LogP contribution in [0, 0.1) is 11.8 Å². The lowest BCUT2D eigenvalue weighted by molar-refractivity contribution is -0.141. The van der Waals surface area contributed by atoms with Gasteiger partial charge in [0.15, 0.2) is 0 Å². The van der Waals surface area contributed by atoms with Crippen LogP contribution in [0.1, 0.15) is 27.2 Å². The van der Waals surface area contributed by atoms with Crippen molar-refractivity contribution in [2.75, 3.05) is 6.61 Å². The lowest BCUT2D eigenvalue weighted by Crippen LogP contribution is -2.18. The first-order valence-electron chi connectivity index (χ1n) is 7.70. The number of carbonyl (C=O) groups excluding carboxylic acids is 1. The van der Waals surface area contributed by atoms with Crippen molar-refractivity contribution < 1.29 is 17.8 Å². The van der Waals surface area contributed by atoms with Crippen LogP contribution in [0.5, 0.6) is 0 Å². The Kier molecular flexibility index (Phi) is 1.39. The highest BCUT2D eigenvalue weighted by Crippen LogP contribution is 2.27. The minimum Gasteiger partial charge on any atom is -0.465 e. The summed E-state index contributed by atoms with van der Waals surface area (Å²) < 4.78 is 51.6. The summed E-state index contributed by atoms with van der Waals surface area (Å²) in [5, 5.41) is 0. The molecule has 2 rings (SSSR count). The van der Waals surface area contributed by atoms with E-state index in [1.54, 1.807) is 7.05 Å². The predicted molar refractivity (Wildman–Crippen MR) is 55.1 cm³/mol. The van der Waals surface area contributed by atoms with Crippen LogP contribution >= 0.6 is 0 Å². The molecule has 2 heterocycles. The molecule has 1 aromatic heterocycles. The maximum Gasteiger partial charge on any atom is 0.309 e. The molecule has 1 fully saturated rings. The highest BCUT2D eigenvalue weighted by atomic mass is 16.5. The standard InChI is InChI=1S/C11H16N2O2/c1-3-10-8(6-15-11(10)14)4-9-5-12-7-13(9)2/h5,7-8,10H,3-4,6H2,1-2H3/t8-,10-/m0/s1/i1D3,5D,7D,10D. The lowest BCUT2D eigenvalue weighted by atomic mass is 9.89. The van der Waals surface area contributed by atoms with Crippen molar-refractivity contribution in [2.45, 2.75) is 19.7 Å². The third kappa shape index (κ3) is 1.89. The van der Waals surface area contributed by atoms with E-state index in [9.17, 15) is 4.79 Å². The van der Waals surface area contributed by atoms with E-state index in [-0.39, 0.29) is 25.5 Å². The van der Waals surface area contributed by atoms with Crippen LogP contribution in [0.2, 0.25) is 0 Å². The van der Waals surface area contributed by atoms with E-state index >= 15 is 0 Å². The van der Waals surface area contributed by atoms with Crippen LogP contribution in [-0.2, 0) is 23.0 Å². The maximum absolute atomic E-state index is 11.8. The highest BCUT2D eigenvalue weighted by molar-refractivity contribution is 5.74. The van der Waals surface area contributed by atoms with Crippen LogP contribution in [0.15, 0.2) is 12.5 Å². The first kappa shape index (κ1) is 5.14. The number of esters is 1. The van der Waals surface area contributed by atoms with Crippen molar-refractivity contribution in [3.63, 3.8) is 0 Å². The molecule has 1 aliphatic rings. The number of hydrogen-bond donors (Lipinski definition) is 0. The van der Waals surface area contributed by atoms with Crippen LogP contribution in [0.3, 0.4) is 0 Å². The van der Waals surface area contributed by atoms with Gasteiger partial charge >= 0.3 is 5.97 Å². The van der Waals surface area contributed by atoms with E-state index in [1.165, 1.54) is 4.57 Å². The van der Waals surface area contributed by atoms with Gasteiger partial charge in [-0.2, -0.15) is 0 Å². The van der Waals surface area contributed by atoms with Crippen molar-refractivity contribution in [1.82, 2.24) is 9.55 Å². The fraction of sp³-hybridized carbons (Fsp3) is 0.636. The molecular weight excluding hydrogens is 192 g/mol. The molecule has 4 nitrogen and oxygen atoms in total. The fourth-order valence-electron chi connectivity index (χ4n) is 1.65. The van der Waals surface area contributed by atoms with Gasteiger partial charge in [-0.15, -0.1) is 0 Å². The Morgan fingerprint density at radius 1 is 1.93 bits per heavy atom. The quantitative estimate of drug-likeness (QED) is 0.709. The second-order valence-corrected chi connectivity index (χ2v) is 3.53. The fourth-order valence-corrected chi connectivity index (χ4v) is 1.65. The number of ether oxygens (including phenoxy) is 1. The molecule has 4 heteroatoms. The largest absolute Gasteiger partial charge is 0.465 e. The van der Waals surface area contributed by atoms with Gasteiger partial charge < -0.3 is 9.30 Å². The van der Waals surface area contributed by atoms with E-state index in [4.69, 9.17) is 13.0 Å². The topological polar surface area (TPSA) is 44.1 Å². The van der Waals surface area contributed by atoms with Crippen LogP contribution in [0.25, 0.3) is 0 Å². The minimum atomic E-state index is -2.42. The second kappa shape index (κ2) is 4.04. The third-order valence-electron chi connectivity index (χ3n) is 2.59. The summed E-state index contributed by atoms with van der Waals surface area (Å²) in [6.45, 7) is -2.48. The van der Waals surface area contributed by atoms with Crippen LogP contribution < -0.4 is 0 Å². The number of carbonyl (C=O) groups is 1. The molecule has 0 radical (unpaired) electrons. The first-order valence-corrected chi connectivity index (χ1v) is 4.70. The molecule has 0 bridgehead atoms. The summed E-state index contributed by atoms with van der Waals surface area (Å²) in [6, 6.07) is 0. The Balaban J connectivity index is 2.28. The zero-order valence-electron chi connectivity index (χ0n) is 14.4. The monoisotopic (exact) mass is 214 g/mol. The molecule has 0 unspecified atom stereocenters. The van der Waals surface area contributed by atoms with Crippen molar-refractivity contribution in [1.29, 1.82) is 0 Å². The minimum absolute atomic E-state index is 0.0592. The van der Waals surface area contributed by atoms with Gasteiger partial charge in [-0.05, 0) is 12.8 Å². The molecule has 0 N–H and O–H groups in total. The summed E-state index contributed by atoms with van der Waals surface area (Å²) in [6.07, 6.45) is -0.681. The van der Waals surface area contributed by atoms with Crippen molar-refractivity contribution in [2.24, 2.45) is 18.9 Å². The number of imidazole rings is 1. The number of rotatable bonds is 3. The van der Waals surface area contributed by atoms with E-state index in [0.717, 1.165) is 0 Å². The average Bonchev–Trinajstić information content (AvgIpc) is 2.71. The maximum atomic E-state index is 11.8. The molecule has 15 heavy (non-hydrogen) atoms. The van der Waals surface area contributed by atoms with Gasteiger partial charge in [-0.1, -0.05) is 6.85 Å². The number of cyclic esters (lactones) is 1. The molecule has 1 saturated heterocycles. The molecule has 0 spiro atoms. The van der Waals surface area contributed by atoms with Gasteiger partial charge in [0.25, 0.3) is 0 Å². The smallest absolute Gasteiger partial charge is 0.309 e. The summed E-state index contributed by atoms with van der Waals surface area (Å²) in [5.74, 6) is -3.38. The van der Waals surface area contributed by atoms with Gasteiger partial charge in [0.1, 0.15) is 1.37 Å². The number of aromatic nitrogens is 2. The van der Waals surface area contributed by atoms with Crippen molar-refractivity contribution >= 4 is 5.97 Å². The van der Waals surface area contributed by atoms with Gasteiger partial charge in [0, 0.05) is 30.3 Å². The Bertz CT molecular complexity index is 570. The van der Waals surface area contributed by atoms with E-state index in [0.29, 0.717) is 5.69 Å². The van der Waals surface area contributed by atoms with Gasteiger partial charge in [-0.25, -0.2) is 4.98 Å². The second-order valence-electron chi connectivity index (χ2n) is 3.53. The molecular formula is C11H16N2O2. The van der Waals surface area contributed by atoms with Gasteiger partial charge in [-0.3, -0.25) is 4.79 Å². The highest BCUT2D eigenvalue weighted by Gasteiger charge is 2.35. The molecule has 1 aliphatic heterocycles. The normalized spacial score (nSPS) is 37.1. The summed E-state index contributed by atoms with van der Waals surface area (Å²) in [4.78, 5) is 15.5. The number of nitrogens with zero attached hydrogens (tertiary/aromatic N) is 2. The van der Waals surface area contributed by atoms with E-state index in [2.05, 4.69) is 4.98 Å². The molecule has 0 amide bonds. The van der Waals surface area contributed by atoms with E-state index < -0.39 is 31.1 Å². The van der Waals surface area contributed by atoms with Crippen LogP contribution in [0.4, 0.5) is 0 Å². The SMILES string of the molecule is [2H]c1nc([2H])n(C)c1C[C@H]1COC(=O)[C@@]1([2H])CC([2H])([2H])[2H]. The molecule has 0 saturated carbocycles. The van der Waals surface area contributed by atoms with Crippen molar-refractivity contribution in [3.05, 3.63) is 18.2 Å². The Morgan fingerprint density at radius 2 is 2.80 bits per heavy atom. The first-order chi connectivity index (χ1) is 9.54. The molecule has 82 valence electrons. The third-order valence-corrected chi connectivity index (χ3v) is 2.59. The van der Waals surface area contributed by atoms with E-state index in [1.807, 2.05) is 0 Å². The van der Waals surface area contributed by atoms with Gasteiger partial charge in [0.05, 0.1) is 20.2 Å². The van der Waals surface area contributed by atoms with Crippen molar-refractivity contribution in [3.8, 4) is 0 Å². The summed E-state index contributed by atoms with van der Waals surface area (Å²) >= 11 is 0. The lowest BCUT2D eigenvalue weighted by Gasteiger charge is -2.12. The Morgan fingerprint density at radius 3 is 3.47 bits per heavy atom. The molecule has 0 aliphatic carbocycles. The molecule has 2 atom stereocenters. The average molecular weight is 214 g/mol. The summed E-state index contributed by atoms with van der Waals surface area (Å²) in [7, 11) is 1.57. The number of hydrogen-bond acceptors (Lipinski definition) is 3.